The molecule has 0 aromatic carbocycles. The molecule has 0 bridgehead atoms. The van der Waals surface area contributed by atoms with Gasteiger partial charge >= 0.3 is 0 Å². The molecule has 0 aliphatic carbocycles. The van der Waals surface area contributed by atoms with Crippen molar-refractivity contribution in [2.75, 3.05) is 19.6 Å². The zero-order valence-corrected chi connectivity index (χ0v) is 10.1. The summed E-state index contributed by atoms with van der Waals surface area (Å²) in [6, 6.07) is 0.0295. The minimum Gasteiger partial charge on any atom is -0.315 e. The second kappa shape index (κ2) is 6.42. The van der Waals surface area contributed by atoms with Crippen molar-refractivity contribution in [3.05, 3.63) is 0 Å². The Labute approximate surface area is 92.2 Å². The highest BCUT2D eigenvalue weighted by atomic mass is 32.2. The number of nitrogens with one attached hydrogen (secondary N) is 3. The predicted octanol–water partition coefficient (Wildman–Crippen LogP) is -0.0375. The summed E-state index contributed by atoms with van der Waals surface area (Å²) in [4.78, 5) is 0. The van der Waals surface area contributed by atoms with E-state index < -0.39 is 10.2 Å². The molecule has 6 heteroatoms. The fraction of sp³-hybridized carbons (Fsp3) is 1.00. The van der Waals surface area contributed by atoms with Crippen LogP contribution in [0.15, 0.2) is 0 Å². The summed E-state index contributed by atoms with van der Waals surface area (Å²) in [6.45, 7) is 4.15. The van der Waals surface area contributed by atoms with E-state index in [9.17, 15) is 8.42 Å². The van der Waals surface area contributed by atoms with E-state index in [4.69, 9.17) is 0 Å². The monoisotopic (exact) mass is 235 g/mol. The van der Waals surface area contributed by atoms with Crippen LogP contribution in [0.3, 0.4) is 0 Å². The zero-order valence-electron chi connectivity index (χ0n) is 9.25. The van der Waals surface area contributed by atoms with E-state index in [1.807, 2.05) is 6.92 Å². The summed E-state index contributed by atoms with van der Waals surface area (Å²) in [7, 11) is -3.30. The summed E-state index contributed by atoms with van der Waals surface area (Å²) in [6.07, 6.45) is 3.93. The molecule has 1 atom stereocenters. The molecule has 1 aliphatic heterocycles. The van der Waals surface area contributed by atoms with Crippen LogP contribution in [0.1, 0.15) is 32.6 Å². The molecule has 5 nitrogen and oxygen atoms in total. The molecule has 90 valence electrons. The van der Waals surface area contributed by atoms with Crippen molar-refractivity contribution in [1.29, 1.82) is 0 Å². The highest BCUT2D eigenvalue weighted by Crippen LogP contribution is 2.04. The lowest BCUT2D eigenvalue weighted by Gasteiger charge is -2.16. The van der Waals surface area contributed by atoms with Crippen molar-refractivity contribution in [3.8, 4) is 0 Å². The van der Waals surface area contributed by atoms with Crippen molar-refractivity contribution in [1.82, 2.24) is 14.8 Å². The smallest absolute Gasteiger partial charge is 0.277 e. The van der Waals surface area contributed by atoms with Crippen LogP contribution < -0.4 is 14.8 Å². The largest absolute Gasteiger partial charge is 0.315 e. The molecule has 1 saturated heterocycles. The number of hydrogen-bond acceptors (Lipinski definition) is 3. The van der Waals surface area contributed by atoms with Crippen LogP contribution >= 0.6 is 0 Å². The molecule has 0 spiro atoms. The fourth-order valence-corrected chi connectivity index (χ4v) is 2.81. The van der Waals surface area contributed by atoms with Gasteiger partial charge in [-0.05, 0) is 25.8 Å². The van der Waals surface area contributed by atoms with Crippen molar-refractivity contribution in [2.24, 2.45) is 0 Å². The van der Waals surface area contributed by atoms with Gasteiger partial charge in [-0.2, -0.15) is 13.1 Å². The minimum absolute atomic E-state index is 0.0295. The highest BCUT2D eigenvalue weighted by Gasteiger charge is 2.17. The standard InChI is InChI=1S/C9H21N3O2S/c1-2-6-11-15(13,14)12-9-5-3-4-7-10-8-9/h9-12H,2-8H2,1H3. The third kappa shape index (κ3) is 5.46. The first-order chi connectivity index (χ1) is 7.14. The number of hydrogen-bond donors (Lipinski definition) is 3. The van der Waals surface area contributed by atoms with E-state index in [1.165, 1.54) is 0 Å². The summed E-state index contributed by atoms with van der Waals surface area (Å²) < 4.78 is 28.2. The first-order valence-electron chi connectivity index (χ1n) is 5.61. The van der Waals surface area contributed by atoms with Gasteiger partial charge in [-0.1, -0.05) is 13.3 Å². The van der Waals surface area contributed by atoms with E-state index in [0.717, 1.165) is 38.8 Å². The third-order valence-corrected chi connectivity index (χ3v) is 3.64. The molecule has 1 rings (SSSR count). The van der Waals surface area contributed by atoms with Crippen LogP contribution in [0.4, 0.5) is 0 Å². The first-order valence-corrected chi connectivity index (χ1v) is 7.10. The highest BCUT2D eigenvalue weighted by molar-refractivity contribution is 7.87. The van der Waals surface area contributed by atoms with Crippen molar-refractivity contribution in [2.45, 2.75) is 38.6 Å². The molecular weight excluding hydrogens is 214 g/mol. The Morgan fingerprint density at radius 3 is 2.93 bits per heavy atom. The predicted molar refractivity (Wildman–Crippen MR) is 60.9 cm³/mol. The van der Waals surface area contributed by atoms with E-state index in [1.54, 1.807) is 0 Å². The summed E-state index contributed by atoms with van der Waals surface area (Å²) in [5, 5.41) is 3.22. The van der Waals surface area contributed by atoms with Crippen LogP contribution in [0.5, 0.6) is 0 Å². The van der Waals surface area contributed by atoms with Crippen LogP contribution in [0.25, 0.3) is 0 Å². The lowest BCUT2D eigenvalue weighted by molar-refractivity contribution is 0.512. The third-order valence-electron chi connectivity index (χ3n) is 2.41. The SMILES string of the molecule is CCCNS(=O)(=O)NC1CCCCNC1. The maximum atomic E-state index is 11.5. The molecule has 0 aromatic heterocycles. The molecule has 3 N–H and O–H groups in total. The fourth-order valence-electron chi connectivity index (χ4n) is 1.62. The first kappa shape index (κ1) is 12.9. The van der Waals surface area contributed by atoms with Crippen molar-refractivity contribution >= 4 is 10.2 Å². The topological polar surface area (TPSA) is 70.2 Å². The van der Waals surface area contributed by atoms with Crippen LogP contribution in [-0.2, 0) is 10.2 Å². The molecule has 1 fully saturated rings. The van der Waals surface area contributed by atoms with Crippen molar-refractivity contribution < 1.29 is 8.42 Å². The lowest BCUT2D eigenvalue weighted by Crippen LogP contribution is -2.46. The Bertz CT molecular complexity index is 259. The van der Waals surface area contributed by atoms with Gasteiger partial charge in [0.2, 0.25) is 0 Å². The minimum atomic E-state index is -3.30. The molecule has 0 aromatic rings. The maximum absolute atomic E-state index is 11.5. The van der Waals surface area contributed by atoms with Gasteiger partial charge < -0.3 is 5.32 Å². The Morgan fingerprint density at radius 2 is 2.20 bits per heavy atom. The molecular formula is C9H21N3O2S. The van der Waals surface area contributed by atoms with Gasteiger partial charge in [-0.15, -0.1) is 0 Å². The molecule has 0 saturated carbocycles. The van der Waals surface area contributed by atoms with Gasteiger partial charge in [-0.25, -0.2) is 4.72 Å². The molecule has 0 amide bonds. The second-order valence-corrected chi connectivity index (χ2v) is 5.44. The molecule has 1 unspecified atom stereocenters. The summed E-state index contributed by atoms with van der Waals surface area (Å²) in [5.41, 5.74) is 0. The van der Waals surface area contributed by atoms with E-state index in [0.29, 0.717) is 6.54 Å². The molecule has 0 radical (unpaired) electrons. The molecule has 1 aliphatic rings. The Balaban J connectivity index is 2.37. The second-order valence-electron chi connectivity index (χ2n) is 3.91. The van der Waals surface area contributed by atoms with Crippen LogP contribution in [0.2, 0.25) is 0 Å². The van der Waals surface area contributed by atoms with E-state index in [-0.39, 0.29) is 6.04 Å². The summed E-state index contributed by atoms with van der Waals surface area (Å²) >= 11 is 0. The zero-order chi connectivity index (χ0) is 11.1. The maximum Gasteiger partial charge on any atom is 0.277 e. The van der Waals surface area contributed by atoms with Gasteiger partial charge in [0.25, 0.3) is 10.2 Å². The number of rotatable bonds is 5. The van der Waals surface area contributed by atoms with Gasteiger partial charge in [0.15, 0.2) is 0 Å². The lowest BCUT2D eigenvalue weighted by atomic mass is 10.2. The van der Waals surface area contributed by atoms with Crippen LogP contribution in [0, 0.1) is 0 Å². The Morgan fingerprint density at radius 1 is 1.40 bits per heavy atom. The van der Waals surface area contributed by atoms with Gasteiger partial charge in [-0.3, -0.25) is 0 Å². The summed E-state index contributed by atoms with van der Waals surface area (Å²) in [5.74, 6) is 0. The quantitative estimate of drug-likeness (QED) is 0.626. The average Bonchev–Trinajstić information content (AvgIpc) is 2.43. The normalized spacial score (nSPS) is 23.7. The molecule has 1 heterocycles. The van der Waals surface area contributed by atoms with Crippen LogP contribution in [-0.4, -0.2) is 34.1 Å². The van der Waals surface area contributed by atoms with Crippen molar-refractivity contribution in [3.63, 3.8) is 0 Å². The van der Waals surface area contributed by atoms with Gasteiger partial charge in [0.1, 0.15) is 0 Å². The Hall–Kier alpha value is -0.170. The van der Waals surface area contributed by atoms with E-state index >= 15 is 0 Å². The van der Waals surface area contributed by atoms with Gasteiger partial charge in [0, 0.05) is 19.1 Å². The average molecular weight is 235 g/mol. The van der Waals surface area contributed by atoms with Gasteiger partial charge in [0.05, 0.1) is 0 Å². The van der Waals surface area contributed by atoms with E-state index in [2.05, 4.69) is 14.8 Å². The Kier molecular flexibility index (Phi) is 5.52. The molecule has 15 heavy (non-hydrogen) atoms.